The Labute approximate surface area is 85.2 Å². The first-order chi connectivity index (χ1) is 6.74. The molecule has 0 bridgehead atoms. The molecule has 0 saturated carbocycles. The maximum absolute atomic E-state index is 10.9. The summed E-state index contributed by atoms with van der Waals surface area (Å²) >= 11 is 0. The molecule has 0 spiro atoms. The van der Waals surface area contributed by atoms with Crippen molar-refractivity contribution in [3.05, 3.63) is 0 Å². The van der Waals surface area contributed by atoms with Gasteiger partial charge in [0.05, 0.1) is 6.61 Å². The lowest BCUT2D eigenvalue weighted by atomic mass is 9.99. The first-order valence-corrected chi connectivity index (χ1v) is 5.35. The fourth-order valence-electron chi connectivity index (χ4n) is 1.70. The van der Waals surface area contributed by atoms with Gasteiger partial charge in [0.1, 0.15) is 6.10 Å². The fourth-order valence-corrected chi connectivity index (χ4v) is 1.70. The van der Waals surface area contributed by atoms with Crippen LogP contribution in [0, 0.1) is 5.92 Å². The molecule has 1 atom stereocenters. The van der Waals surface area contributed by atoms with Gasteiger partial charge in [-0.1, -0.05) is 6.92 Å². The summed E-state index contributed by atoms with van der Waals surface area (Å²) in [7, 11) is 0. The molecule has 1 aliphatic heterocycles. The van der Waals surface area contributed by atoms with Gasteiger partial charge in [0.15, 0.2) is 0 Å². The van der Waals surface area contributed by atoms with E-state index in [2.05, 4.69) is 5.32 Å². The molecule has 1 saturated heterocycles. The Morgan fingerprint density at radius 2 is 2.21 bits per heavy atom. The van der Waals surface area contributed by atoms with Gasteiger partial charge in [-0.2, -0.15) is 0 Å². The SMILES string of the molecule is CCC(OCC1CCNCC1)C(N)=O. The monoisotopic (exact) mass is 200 g/mol. The highest BCUT2D eigenvalue weighted by Crippen LogP contribution is 2.13. The van der Waals surface area contributed by atoms with Crippen LogP contribution < -0.4 is 11.1 Å². The van der Waals surface area contributed by atoms with Gasteiger partial charge in [-0.05, 0) is 38.3 Å². The van der Waals surface area contributed by atoms with E-state index in [0.717, 1.165) is 25.9 Å². The summed E-state index contributed by atoms with van der Waals surface area (Å²) in [5, 5.41) is 3.29. The van der Waals surface area contributed by atoms with Crippen LogP contribution in [0.2, 0.25) is 0 Å². The van der Waals surface area contributed by atoms with Gasteiger partial charge >= 0.3 is 0 Å². The summed E-state index contributed by atoms with van der Waals surface area (Å²) < 4.78 is 5.49. The lowest BCUT2D eigenvalue weighted by molar-refractivity contribution is -0.130. The lowest BCUT2D eigenvalue weighted by Gasteiger charge is -2.24. The summed E-state index contributed by atoms with van der Waals surface area (Å²) in [6, 6.07) is 0. The molecule has 1 heterocycles. The number of hydrogen-bond donors (Lipinski definition) is 2. The zero-order valence-electron chi connectivity index (χ0n) is 8.79. The molecule has 0 aromatic heterocycles. The van der Waals surface area contributed by atoms with Crippen molar-refractivity contribution in [2.75, 3.05) is 19.7 Å². The van der Waals surface area contributed by atoms with Gasteiger partial charge in [-0.3, -0.25) is 4.79 Å². The van der Waals surface area contributed by atoms with Crippen molar-refractivity contribution in [2.45, 2.75) is 32.3 Å². The lowest BCUT2D eigenvalue weighted by Crippen LogP contribution is -2.35. The van der Waals surface area contributed by atoms with E-state index < -0.39 is 6.10 Å². The highest BCUT2D eigenvalue weighted by molar-refractivity contribution is 5.78. The van der Waals surface area contributed by atoms with Crippen LogP contribution in [0.25, 0.3) is 0 Å². The molecule has 4 heteroatoms. The number of carbonyl (C=O) groups is 1. The Hall–Kier alpha value is -0.610. The van der Waals surface area contributed by atoms with Gasteiger partial charge in [-0.25, -0.2) is 0 Å². The first-order valence-electron chi connectivity index (χ1n) is 5.35. The molecule has 0 aromatic carbocycles. The van der Waals surface area contributed by atoms with E-state index in [1.807, 2.05) is 6.92 Å². The summed E-state index contributed by atoms with van der Waals surface area (Å²) in [6.07, 6.45) is 2.54. The molecule has 0 aromatic rings. The Morgan fingerprint density at radius 3 is 2.71 bits per heavy atom. The second kappa shape index (κ2) is 5.98. The Bertz CT molecular complexity index is 179. The number of carbonyl (C=O) groups excluding carboxylic acids is 1. The average Bonchev–Trinajstić information content (AvgIpc) is 2.20. The second-order valence-corrected chi connectivity index (χ2v) is 3.83. The highest BCUT2D eigenvalue weighted by atomic mass is 16.5. The van der Waals surface area contributed by atoms with Crippen LogP contribution in [-0.2, 0) is 9.53 Å². The first kappa shape index (κ1) is 11.5. The molecule has 3 N–H and O–H groups in total. The predicted molar refractivity (Wildman–Crippen MR) is 54.8 cm³/mol. The van der Waals surface area contributed by atoms with Crippen LogP contribution in [0.3, 0.4) is 0 Å². The molecule has 0 aliphatic carbocycles. The van der Waals surface area contributed by atoms with Crippen LogP contribution in [0.4, 0.5) is 0 Å². The van der Waals surface area contributed by atoms with Gasteiger partial charge in [0.25, 0.3) is 0 Å². The summed E-state index contributed by atoms with van der Waals surface area (Å²) in [6.45, 7) is 4.70. The van der Waals surface area contributed by atoms with Gasteiger partial charge in [0.2, 0.25) is 5.91 Å². The van der Waals surface area contributed by atoms with Crippen molar-refractivity contribution in [3.8, 4) is 0 Å². The fraction of sp³-hybridized carbons (Fsp3) is 0.900. The maximum atomic E-state index is 10.9. The summed E-state index contributed by atoms with van der Waals surface area (Å²) in [4.78, 5) is 10.9. The average molecular weight is 200 g/mol. The zero-order chi connectivity index (χ0) is 10.4. The number of primary amides is 1. The third-order valence-electron chi connectivity index (χ3n) is 2.68. The Balaban J connectivity index is 2.20. The maximum Gasteiger partial charge on any atom is 0.246 e. The van der Waals surface area contributed by atoms with Crippen LogP contribution in [0.1, 0.15) is 26.2 Å². The van der Waals surface area contributed by atoms with E-state index in [1.165, 1.54) is 0 Å². The molecule has 0 radical (unpaired) electrons. The van der Waals surface area contributed by atoms with E-state index in [9.17, 15) is 4.79 Å². The molecular formula is C10H20N2O2. The van der Waals surface area contributed by atoms with Crippen molar-refractivity contribution in [2.24, 2.45) is 11.7 Å². The Kier molecular flexibility index (Phi) is 4.90. The predicted octanol–water partition coefficient (Wildman–Crippen LogP) is 0.267. The van der Waals surface area contributed by atoms with E-state index in [-0.39, 0.29) is 5.91 Å². The molecule has 1 unspecified atom stereocenters. The standard InChI is InChI=1S/C10H20N2O2/c1-2-9(10(11)13)14-7-8-3-5-12-6-4-8/h8-9,12H,2-7H2,1H3,(H2,11,13). The number of nitrogens with one attached hydrogen (secondary N) is 1. The Morgan fingerprint density at radius 1 is 1.57 bits per heavy atom. The highest BCUT2D eigenvalue weighted by Gasteiger charge is 2.18. The largest absolute Gasteiger partial charge is 0.368 e. The minimum absolute atomic E-state index is 0.346. The van der Waals surface area contributed by atoms with Crippen molar-refractivity contribution in [1.82, 2.24) is 5.32 Å². The van der Waals surface area contributed by atoms with Gasteiger partial charge in [0, 0.05) is 0 Å². The zero-order valence-corrected chi connectivity index (χ0v) is 8.79. The second-order valence-electron chi connectivity index (χ2n) is 3.83. The van der Waals surface area contributed by atoms with Crippen LogP contribution >= 0.6 is 0 Å². The number of piperidine rings is 1. The van der Waals surface area contributed by atoms with E-state index >= 15 is 0 Å². The number of hydrogen-bond acceptors (Lipinski definition) is 3. The minimum Gasteiger partial charge on any atom is -0.368 e. The minimum atomic E-state index is -0.398. The van der Waals surface area contributed by atoms with E-state index in [0.29, 0.717) is 18.9 Å². The van der Waals surface area contributed by atoms with Gasteiger partial charge in [-0.15, -0.1) is 0 Å². The number of amides is 1. The quantitative estimate of drug-likeness (QED) is 0.669. The molecule has 1 fully saturated rings. The molecule has 1 aliphatic rings. The van der Waals surface area contributed by atoms with Crippen molar-refractivity contribution < 1.29 is 9.53 Å². The molecule has 1 rings (SSSR count). The van der Waals surface area contributed by atoms with Gasteiger partial charge < -0.3 is 15.8 Å². The van der Waals surface area contributed by atoms with Crippen molar-refractivity contribution in [3.63, 3.8) is 0 Å². The molecule has 82 valence electrons. The van der Waals surface area contributed by atoms with Crippen LogP contribution in [0.5, 0.6) is 0 Å². The third kappa shape index (κ3) is 3.64. The van der Waals surface area contributed by atoms with Crippen LogP contribution in [-0.4, -0.2) is 31.7 Å². The van der Waals surface area contributed by atoms with E-state index in [4.69, 9.17) is 10.5 Å². The molecule has 4 nitrogen and oxygen atoms in total. The number of rotatable bonds is 5. The summed E-state index contributed by atoms with van der Waals surface area (Å²) in [5.41, 5.74) is 5.19. The topological polar surface area (TPSA) is 64.3 Å². The third-order valence-corrected chi connectivity index (χ3v) is 2.68. The molecular weight excluding hydrogens is 180 g/mol. The van der Waals surface area contributed by atoms with Crippen molar-refractivity contribution >= 4 is 5.91 Å². The number of nitrogens with two attached hydrogens (primary N) is 1. The van der Waals surface area contributed by atoms with Crippen LogP contribution in [0.15, 0.2) is 0 Å². The summed E-state index contributed by atoms with van der Waals surface area (Å²) in [5.74, 6) is 0.242. The van der Waals surface area contributed by atoms with E-state index in [1.54, 1.807) is 0 Å². The normalized spacial score (nSPS) is 20.6. The van der Waals surface area contributed by atoms with Crippen molar-refractivity contribution in [1.29, 1.82) is 0 Å². The number of ether oxygens (including phenoxy) is 1. The smallest absolute Gasteiger partial charge is 0.246 e. The molecule has 1 amide bonds. The molecule has 14 heavy (non-hydrogen) atoms.